The second-order valence-corrected chi connectivity index (χ2v) is 4.30. The van der Waals surface area contributed by atoms with Gasteiger partial charge in [-0.2, -0.15) is 0 Å². The summed E-state index contributed by atoms with van der Waals surface area (Å²) in [6.07, 6.45) is 2.09. The zero-order chi connectivity index (χ0) is 13.5. The minimum absolute atomic E-state index is 0.0363. The number of rotatable bonds is 6. The van der Waals surface area contributed by atoms with Crippen molar-refractivity contribution in [3.05, 3.63) is 29.8 Å². The van der Waals surface area contributed by atoms with Gasteiger partial charge in [0.25, 0.3) is 0 Å². The van der Waals surface area contributed by atoms with Crippen molar-refractivity contribution in [3.63, 3.8) is 0 Å². The third-order valence-electron chi connectivity index (χ3n) is 2.64. The average Bonchev–Trinajstić information content (AvgIpc) is 2.36. The van der Waals surface area contributed by atoms with Crippen LogP contribution in [0.5, 0.6) is 0 Å². The lowest BCUT2D eigenvalue weighted by Crippen LogP contribution is -2.43. The van der Waals surface area contributed by atoms with Crippen molar-refractivity contribution in [3.8, 4) is 0 Å². The van der Waals surface area contributed by atoms with Crippen LogP contribution in [0.1, 0.15) is 38.9 Å². The van der Waals surface area contributed by atoms with Crippen molar-refractivity contribution >= 4 is 5.91 Å². The lowest BCUT2D eigenvalue weighted by Gasteiger charge is -2.19. The lowest BCUT2D eigenvalue weighted by atomic mass is 10.2. The van der Waals surface area contributed by atoms with Crippen molar-refractivity contribution in [1.82, 2.24) is 15.6 Å². The van der Waals surface area contributed by atoms with Crippen molar-refractivity contribution in [1.29, 1.82) is 0 Å². The van der Waals surface area contributed by atoms with Gasteiger partial charge in [0.1, 0.15) is 5.82 Å². The van der Waals surface area contributed by atoms with Gasteiger partial charge in [0.2, 0.25) is 5.91 Å². The van der Waals surface area contributed by atoms with Crippen LogP contribution in [0.4, 0.5) is 4.39 Å². The molecule has 1 amide bonds. The molecule has 0 fully saturated rings. The Labute approximate surface area is 107 Å². The third kappa shape index (κ3) is 4.41. The first kappa shape index (κ1) is 14.6. The molecule has 0 spiro atoms. The van der Waals surface area contributed by atoms with Crippen LogP contribution in [0.25, 0.3) is 0 Å². The Bertz CT molecular complexity index is 380. The van der Waals surface area contributed by atoms with E-state index in [1.165, 1.54) is 12.3 Å². The highest BCUT2D eigenvalue weighted by atomic mass is 19.1. The van der Waals surface area contributed by atoms with Crippen LogP contribution < -0.4 is 10.6 Å². The lowest BCUT2D eigenvalue weighted by molar-refractivity contribution is -0.122. The predicted octanol–water partition coefficient (Wildman–Crippen LogP) is 1.79. The standard InChI is InChI=1S/C13H20FN3O/c1-4-7-15-13(18)10(3)17-9(2)12-6-5-11(14)8-16-12/h5-6,8-10,17H,4,7H2,1-3H3,(H,15,18). The van der Waals surface area contributed by atoms with E-state index in [-0.39, 0.29) is 23.8 Å². The summed E-state index contributed by atoms with van der Waals surface area (Å²) in [5.74, 6) is -0.398. The number of hydrogen-bond acceptors (Lipinski definition) is 3. The monoisotopic (exact) mass is 253 g/mol. The summed E-state index contributed by atoms with van der Waals surface area (Å²) in [6.45, 7) is 6.37. The molecule has 1 rings (SSSR count). The van der Waals surface area contributed by atoms with Gasteiger partial charge in [-0.3, -0.25) is 15.1 Å². The molecule has 0 aliphatic heterocycles. The van der Waals surface area contributed by atoms with Gasteiger partial charge in [-0.1, -0.05) is 6.92 Å². The van der Waals surface area contributed by atoms with Crippen LogP contribution in [-0.2, 0) is 4.79 Å². The Hall–Kier alpha value is -1.49. The van der Waals surface area contributed by atoms with E-state index in [2.05, 4.69) is 15.6 Å². The number of nitrogens with one attached hydrogen (secondary N) is 2. The van der Waals surface area contributed by atoms with Crippen molar-refractivity contribution in [2.45, 2.75) is 39.3 Å². The molecule has 0 aliphatic carbocycles. The molecule has 5 heteroatoms. The molecule has 0 aliphatic rings. The van der Waals surface area contributed by atoms with Gasteiger partial charge in [0, 0.05) is 12.6 Å². The molecule has 4 nitrogen and oxygen atoms in total. The van der Waals surface area contributed by atoms with Crippen LogP contribution >= 0.6 is 0 Å². The van der Waals surface area contributed by atoms with Crippen molar-refractivity contribution in [2.24, 2.45) is 0 Å². The summed E-state index contributed by atoms with van der Waals surface area (Å²) in [4.78, 5) is 15.7. The number of amides is 1. The Morgan fingerprint density at radius 2 is 2.17 bits per heavy atom. The van der Waals surface area contributed by atoms with Crippen molar-refractivity contribution < 1.29 is 9.18 Å². The van der Waals surface area contributed by atoms with E-state index in [4.69, 9.17) is 0 Å². The first-order chi connectivity index (χ1) is 8.54. The van der Waals surface area contributed by atoms with E-state index in [1.807, 2.05) is 13.8 Å². The third-order valence-corrected chi connectivity index (χ3v) is 2.64. The van der Waals surface area contributed by atoms with Gasteiger partial charge in [-0.15, -0.1) is 0 Å². The Morgan fingerprint density at radius 3 is 2.72 bits per heavy atom. The molecule has 1 aromatic rings. The molecule has 1 aromatic heterocycles. The number of pyridine rings is 1. The summed E-state index contributed by atoms with van der Waals surface area (Å²) in [7, 11) is 0. The normalized spacial score (nSPS) is 14.0. The topological polar surface area (TPSA) is 54.0 Å². The van der Waals surface area contributed by atoms with Crippen LogP contribution in [0.3, 0.4) is 0 Å². The summed E-state index contributed by atoms with van der Waals surface area (Å²) >= 11 is 0. The minimum Gasteiger partial charge on any atom is -0.355 e. The number of hydrogen-bond donors (Lipinski definition) is 2. The Morgan fingerprint density at radius 1 is 1.44 bits per heavy atom. The molecule has 1 heterocycles. The molecule has 2 atom stereocenters. The molecule has 2 unspecified atom stereocenters. The molecule has 0 saturated carbocycles. The Balaban J connectivity index is 2.50. The fourth-order valence-corrected chi connectivity index (χ4v) is 1.58. The number of nitrogens with zero attached hydrogens (tertiary/aromatic N) is 1. The van der Waals surface area contributed by atoms with Crippen molar-refractivity contribution in [2.75, 3.05) is 6.54 Å². The van der Waals surface area contributed by atoms with Gasteiger partial charge in [-0.25, -0.2) is 4.39 Å². The van der Waals surface area contributed by atoms with Gasteiger partial charge in [0.15, 0.2) is 0 Å². The van der Waals surface area contributed by atoms with E-state index in [0.29, 0.717) is 12.2 Å². The van der Waals surface area contributed by atoms with Crippen LogP contribution in [-0.4, -0.2) is 23.5 Å². The van der Waals surface area contributed by atoms with Gasteiger partial charge in [0.05, 0.1) is 17.9 Å². The zero-order valence-electron chi connectivity index (χ0n) is 11.0. The molecular weight excluding hydrogens is 233 g/mol. The quantitative estimate of drug-likeness (QED) is 0.812. The van der Waals surface area contributed by atoms with E-state index in [9.17, 15) is 9.18 Å². The second-order valence-electron chi connectivity index (χ2n) is 4.30. The van der Waals surface area contributed by atoms with E-state index >= 15 is 0 Å². The maximum atomic E-state index is 12.7. The van der Waals surface area contributed by atoms with E-state index in [0.717, 1.165) is 6.42 Å². The first-order valence-electron chi connectivity index (χ1n) is 6.19. The molecule has 0 saturated heterocycles. The molecular formula is C13H20FN3O. The van der Waals surface area contributed by atoms with Gasteiger partial charge in [-0.05, 0) is 32.4 Å². The first-order valence-corrected chi connectivity index (χ1v) is 6.19. The van der Waals surface area contributed by atoms with E-state index in [1.54, 1.807) is 13.0 Å². The number of halogens is 1. The largest absolute Gasteiger partial charge is 0.355 e. The maximum Gasteiger partial charge on any atom is 0.236 e. The SMILES string of the molecule is CCCNC(=O)C(C)NC(C)c1ccc(F)cn1. The fraction of sp³-hybridized carbons (Fsp3) is 0.538. The molecule has 0 aromatic carbocycles. The number of carbonyl (C=O) groups excluding carboxylic acids is 1. The molecule has 2 N–H and O–H groups in total. The van der Waals surface area contributed by atoms with E-state index < -0.39 is 0 Å². The number of aromatic nitrogens is 1. The molecule has 0 radical (unpaired) electrons. The minimum atomic E-state index is -0.361. The molecule has 18 heavy (non-hydrogen) atoms. The summed E-state index contributed by atoms with van der Waals surface area (Å²) in [5.41, 5.74) is 0.714. The zero-order valence-corrected chi connectivity index (χ0v) is 11.0. The summed E-state index contributed by atoms with van der Waals surface area (Å²) in [5, 5.41) is 5.94. The Kier molecular flexibility index (Phi) is 5.71. The fourth-order valence-electron chi connectivity index (χ4n) is 1.58. The maximum absolute atomic E-state index is 12.7. The summed E-state index contributed by atoms with van der Waals surface area (Å²) < 4.78 is 12.7. The van der Waals surface area contributed by atoms with Crippen LogP contribution in [0.2, 0.25) is 0 Å². The smallest absolute Gasteiger partial charge is 0.236 e. The molecule has 100 valence electrons. The van der Waals surface area contributed by atoms with Gasteiger partial charge >= 0.3 is 0 Å². The predicted molar refractivity (Wildman–Crippen MR) is 68.5 cm³/mol. The average molecular weight is 253 g/mol. The van der Waals surface area contributed by atoms with Crippen LogP contribution in [0.15, 0.2) is 18.3 Å². The highest BCUT2D eigenvalue weighted by molar-refractivity contribution is 5.81. The van der Waals surface area contributed by atoms with Crippen LogP contribution in [0, 0.1) is 5.82 Å². The summed E-state index contributed by atoms with van der Waals surface area (Å²) in [6, 6.07) is 2.57. The second kappa shape index (κ2) is 7.06. The number of carbonyl (C=O) groups is 1. The molecule has 0 bridgehead atoms. The van der Waals surface area contributed by atoms with Gasteiger partial charge < -0.3 is 5.32 Å². The highest BCUT2D eigenvalue weighted by Gasteiger charge is 2.16. The highest BCUT2D eigenvalue weighted by Crippen LogP contribution is 2.10.